The summed E-state index contributed by atoms with van der Waals surface area (Å²) < 4.78 is 0. The Labute approximate surface area is 207 Å². The lowest BCUT2D eigenvalue weighted by Crippen LogP contribution is -2.48. The van der Waals surface area contributed by atoms with Crippen LogP contribution in [0.2, 0.25) is 5.02 Å². The zero-order valence-electron chi connectivity index (χ0n) is 18.7. The second kappa shape index (κ2) is 9.35. The van der Waals surface area contributed by atoms with Gasteiger partial charge < -0.3 is 10.2 Å². The number of hydrogen-bond donors (Lipinski definition) is 1. The molecule has 1 N–H and O–H groups in total. The summed E-state index contributed by atoms with van der Waals surface area (Å²) in [5.74, 6) is -1.55. The van der Waals surface area contributed by atoms with E-state index in [1.165, 1.54) is 0 Å². The van der Waals surface area contributed by atoms with E-state index >= 15 is 0 Å². The predicted molar refractivity (Wildman–Crippen MR) is 133 cm³/mol. The number of carbonyl (C=O) groups excluding carboxylic acids is 4. The van der Waals surface area contributed by atoms with Gasteiger partial charge in [-0.2, -0.15) is 0 Å². The minimum atomic E-state index is -1.10. The number of rotatable bonds is 6. The fraction of sp³-hybridized carbons (Fsp3) is 0.185. The Morgan fingerprint density at radius 2 is 1.57 bits per heavy atom. The number of carbonyl (C=O) groups is 4. The van der Waals surface area contributed by atoms with E-state index in [2.05, 4.69) is 5.32 Å². The van der Waals surface area contributed by atoms with E-state index in [0.717, 1.165) is 16.9 Å². The van der Waals surface area contributed by atoms with E-state index in [1.807, 2.05) is 30.3 Å². The molecule has 1 saturated heterocycles. The number of anilines is 2. The smallest absolute Gasteiger partial charge is 0.262 e. The highest BCUT2D eigenvalue weighted by Gasteiger charge is 2.42. The zero-order valence-corrected chi connectivity index (χ0v) is 19.5. The van der Waals surface area contributed by atoms with Crippen molar-refractivity contribution in [2.24, 2.45) is 0 Å². The van der Waals surface area contributed by atoms with E-state index in [-0.39, 0.29) is 28.5 Å². The number of nitrogens with zero attached hydrogens (tertiary/aromatic N) is 2. The lowest BCUT2D eigenvalue weighted by Gasteiger charge is -2.26. The highest BCUT2D eigenvalue weighted by Crippen LogP contribution is 2.31. The minimum Gasteiger partial charge on any atom is -0.323 e. The van der Waals surface area contributed by atoms with E-state index in [4.69, 9.17) is 11.6 Å². The first-order valence-corrected chi connectivity index (χ1v) is 11.7. The van der Waals surface area contributed by atoms with E-state index < -0.39 is 23.8 Å². The molecule has 2 heterocycles. The Hall–Kier alpha value is -3.97. The summed E-state index contributed by atoms with van der Waals surface area (Å²) in [4.78, 5) is 54.8. The van der Waals surface area contributed by atoms with Crippen LogP contribution in [0.4, 0.5) is 11.4 Å². The number of benzene rings is 3. The number of fused-ring (bicyclic) bond motifs is 1. The Morgan fingerprint density at radius 3 is 2.20 bits per heavy atom. The third kappa shape index (κ3) is 4.31. The van der Waals surface area contributed by atoms with Gasteiger partial charge in [0.05, 0.1) is 21.8 Å². The fourth-order valence-electron chi connectivity index (χ4n) is 4.54. The molecule has 5 rings (SSSR count). The molecule has 0 radical (unpaired) electrons. The molecule has 7 nitrogen and oxygen atoms in total. The van der Waals surface area contributed by atoms with Crippen molar-refractivity contribution >= 4 is 46.6 Å². The first-order chi connectivity index (χ1) is 16.9. The average molecular weight is 488 g/mol. The van der Waals surface area contributed by atoms with Gasteiger partial charge in [0.2, 0.25) is 11.8 Å². The molecule has 0 saturated carbocycles. The van der Waals surface area contributed by atoms with Crippen LogP contribution >= 0.6 is 11.6 Å². The van der Waals surface area contributed by atoms with Gasteiger partial charge in [-0.3, -0.25) is 24.1 Å². The van der Waals surface area contributed by atoms with Gasteiger partial charge in [-0.15, -0.1) is 0 Å². The maximum atomic E-state index is 13.6. The SMILES string of the molecule is O=C(Nc1cc(N2CCCC2=O)ccc1Cl)C(Cc1ccccc1)N1C(=O)c2ccccc2C1=O. The quantitative estimate of drug-likeness (QED) is 0.525. The highest BCUT2D eigenvalue weighted by atomic mass is 35.5. The van der Waals surface area contributed by atoms with Crippen molar-refractivity contribution in [2.45, 2.75) is 25.3 Å². The van der Waals surface area contributed by atoms with Crippen molar-refractivity contribution in [3.8, 4) is 0 Å². The molecule has 35 heavy (non-hydrogen) atoms. The standard InChI is InChI=1S/C27H22ClN3O4/c28-21-13-12-18(30-14-6-11-24(30)32)16-22(21)29-25(33)23(15-17-7-2-1-3-8-17)31-26(34)19-9-4-5-10-20(19)27(31)35/h1-5,7-10,12-13,16,23H,6,11,14-15H2,(H,29,33). The maximum absolute atomic E-state index is 13.6. The normalized spacial score (nSPS) is 16.0. The second-order valence-corrected chi connectivity index (χ2v) is 8.94. The van der Waals surface area contributed by atoms with Crippen LogP contribution in [-0.4, -0.2) is 41.1 Å². The predicted octanol–water partition coefficient (Wildman–Crippen LogP) is 4.31. The summed E-state index contributed by atoms with van der Waals surface area (Å²) in [6.45, 7) is 0.597. The molecule has 1 unspecified atom stereocenters. The Kier molecular flexibility index (Phi) is 6.09. The minimum absolute atomic E-state index is 0.0116. The van der Waals surface area contributed by atoms with Crippen LogP contribution < -0.4 is 10.2 Å². The van der Waals surface area contributed by atoms with Gasteiger partial charge >= 0.3 is 0 Å². The molecule has 0 spiro atoms. The molecule has 8 heteroatoms. The number of nitrogens with one attached hydrogen (secondary N) is 1. The third-order valence-electron chi connectivity index (χ3n) is 6.30. The van der Waals surface area contributed by atoms with Crippen LogP contribution in [-0.2, 0) is 16.0 Å². The van der Waals surface area contributed by atoms with Gasteiger partial charge in [-0.25, -0.2) is 0 Å². The molecule has 1 fully saturated rings. The van der Waals surface area contributed by atoms with Crippen LogP contribution in [0.1, 0.15) is 39.1 Å². The second-order valence-electron chi connectivity index (χ2n) is 8.53. The molecule has 3 aromatic rings. The maximum Gasteiger partial charge on any atom is 0.262 e. The molecule has 1 atom stereocenters. The van der Waals surface area contributed by atoms with Crippen molar-refractivity contribution in [2.75, 3.05) is 16.8 Å². The van der Waals surface area contributed by atoms with Gasteiger partial charge in [0.1, 0.15) is 6.04 Å². The first-order valence-electron chi connectivity index (χ1n) is 11.4. The third-order valence-corrected chi connectivity index (χ3v) is 6.63. The summed E-state index contributed by atoms with van der Waals surface area (Å²) in [5.41, 5.74) is 2.29. The number of amides is 4. The molecule has 3 aromatic carbocycles. The van der Waals surface area contributed by atoms with Crippen LogP contribution in [0.25, 0.3) is 0 Å². The lowest BCUT2D eigenvalue weighted by atomic mass is 10.0. The average Bonchev–Trinajstić information content (AvgIpc) is 3.40. The molecule has 4 amide bonds. The molecule has 0 aliphatic carbocycles. The van der Waals surface area contributed by atoms with Crippen molar-refractivity contribution in [1.29, 1.82) is 0 Å². The monoisotopic (exact) mass is 487 g/mol. The van der Waals surface area contributed by atoms with E-state index in [1.54, 1.807) is 47.4 Å². The Morgan fingerprint density at radius 1 is 0.914 bits per heavy atom. The van der Waals surface area contributed by atoms with Crippen molar-refractivity contribution in [3.63, 3.8) is 0 Å². The van der Waals surface area contributed by atoms with Crippen LogP contribution in [0.3, 0.4) is 0 Å². The molecular formula is C27H22ClN3O4. The van der Waals surface area contributed by atoms with Crippen molar-refractivity contribution in [1.82, 2.24) is 4.90 Å². The molecule has 0 aromatic heterocycles. The Balaban J connectivity index is 1.47. The van der Waals surface area contributed by atoms with E-state index in [9.17, 15) is 19.2 Å². The van der Waals surface area contributed by atoms with Gasteiger partial charge in [0.15, 0.2) is 0 Å². The molecule has 176 valence electrons. The summed E-state index contributed by atoms with van der Waals surface area (Å²) >= 11 is 6.37. The summed E-state index contributed by atoms with van der Waals surface area (Å²) in [7, 11) is 0. The van der Waals surface area contributed by atoms with Crippen LogP contribution in [0.15, 0.2) is 72.8 Å². The zero-order chi connectivity index (χ0) is 24.5. The highest BCUT2D eigenvalue weighted by molar-refractivity contribution is 6.34. The first kappa shape index (κ1) is 22.8. The van der Waals surface area contributed by atoms with Gasteiger partial charge in [-0.05, 0) is 42.3 Å². The largest absolute Gasteiger partial charge is 0.323 e. The fourth-order valence-corrected chi connectivity index (χ4v) is 4.71. The van der Waals surface area contributed by atoms with Gasteiger partial charge in [0, 0.05) is 25.1 Å². The molecule has 2 aliphatic heterocycles. The lowest BCUT2D eigenvalue weighted by molar-refractivity contribution is -0.120. The van der Waals surface area contributed by atoms with Crippen LogP contribution in [0.5, 0.6) is 0 Å². The summed E-state index contributed by atoms with van der Waals surface area (Å²) in [5, 5.41) is 3.09. The molecule has 0 bridgehead atoms. The number of hydrogen-bond acceptors (Lipinski definition) is 4. The van der Waals surface area contributed by atoms with Gasteiger partial charge in [-0.1, -0.05) is 54.1 Å². The Bertz CT molecular complexity index is 1310. The van der Waals surface area contributed by atoms with Crippen molar-refractivity contribution < 1.29 is 19.2 Å². The molecule has 2 aliphatic rings. The summed E-state index contributed by atoms with van der Waals surface area (Å²) in [6, 6.07) is 19.6. The van der Waals surface area contributed by atoms with E-state index in [0.29, 0.717) is 24.3 Å². The van der Waals surface area contributed by atoms with Crippen LogP contribution in [0, 0.1) is 0 Å². The number of halogens is 1. The van der Waals surface area contributed by atoms with Crippen molar-refractivity contribution in [3.05, 3.63) is 94.5 Å². The topological polar surface area (TPSA) is 86.8 Å². The molecular weight excluding hydrogens is 466 g/mol. The summed E-state index contributed by atoms with van der Waals surface area (Å²) in [6.07, 6.45) is 1.38. The van der Waals surface area contributed by atoms with Gasteiger partial charge in [0.25, 0.3) is 11.8 Å². The number of imide groups is 1.